The van der Waals surface area contributed by atoms with E-state index in [1.54, 1.807) is 13.8 Å². The first-order valence-electron chi connectivity index (χ1n) is 5.92. The van der Waals surface area contributed by atoms with Crippen LogP contribution in [0.2, 0.25) is 0 Å². The average Bonchev–Trinajstić information content (AvgIpc) is 3.12. The van der Waals surface area contributed by atoms with Crippen molar-refractivity contribution in [2.75, 3.05) is 11.5 Å². The topological polar surface area (TPSA) is 90.2 Å². The Morgan fingerprint density at radius 2 is 2.22 bits per heavy atom. The van der Waals surface area contributed by atoms with Crippen LogP contribution in [0.25, 0.3) is 0 Å². The van der Waals surface area contributed by atoms with Gasteiger partial charge in [0, 0.05) is 5.75 Å². The van der Waals surface area contributed by atoms with Crippen molar-refractivity contribution in [2.45, 2.75) is 32.2 Å². The fraction of sp³-hybridized carbons (Fsp3) is 0.750. The van der Waals surface area contributed by atoms with Crippen LogP contribution in [0.5, 0.6) is 0 Å². The third-order valence-corrected chi connectivity index (χ3v) is 4.25. The molecule has 5 nitrogen and oxygen atoms in total. The van der Waals surface area contributed by atoms with Gasteiger partial charge in [-0.05, 0) is 25.7 Å². The second kappa shape index (κ2) is 6.10. The van der Waals surface area contributed by atoms with Gasteiger partial charge in [0.2, 0.25) is 5.91 Å². The smallest absolute Gasteiger partial charge is 0.307 e. The largest absolute Gasteiger partial charge is 0.481 e. The summed E-state index contributed by atoms with van der Waals surface area (Å²) in [6.45, 7) is 3.35. The molecule has 0 saturated heterocycles. The molecule has 1 saturated carbocycles. The molecule has 1 fully saturated rings. The molecule has 18 heavy (non-hydrogen) atoms. The predicted octanol–water partition coefficient (Wildman–Crippen LogP) is 1.25. The van der Waals surface area contributed by atoms with E-state index >= 15 is 0 Å². The Morgan fingerprint density at radius 3 is 2.67 bits per heavy atom. The van der Waals surface area contributed by atoms with Gasteiger partial charge in [-0.2, -0.15) is 17.0 Å². The van der Waals surface area contributed by atoms with E-state index in [1.165, 1.54) is 11.8 Å². The zero-order chi connectivity index (χ0) is 13.8. The minimum atomic E-state index is -0.859. The molecule has 0 radical (unpaired) electrons. The van der Waals surface area contributed by atoms with Crippen molar-refractivity contribution in [3.05, 3.63) is 0 Å². The van der Waals surface area contributed by atoms with Crippen molar-refractivity contribution >= 4 is 23.6 Å². The minimum absolute atomic E-state index is 0.196. The van der Waals surface area contributed by atoms with Crippen LogP contribution in [-0.4, -0.2) is 34.0 Å². The molecule has 100 valence electrons. The number of carboxylic acid groups (broad SMARTS) is 1. The number of amides is 1. The number of hydrogen-bond acceptors (Lipinski definition) is 4. The second-order valence-electron chi connectivity index (χ2n) is 4.89. The van der Waals surface area contributed by atoms with Crippen LogP contribution in [0.4, 0.5) is 0 Å². The highest BCUT2D eigenvalue weighted by Crippen LogP contribution is 2.39. The molecular weight excluding hydrogens is 252 g/mol. The predicted molar refractivity (Wildman–Crippen MR) is 69.0 cm³/mol. The summed E-state index contributed by atoms with van der Waals surface area (Å²) in [5, 5.41) is 20.5. The van der Waals surface area contributed by atoms with Gasteiger partial charge < -0.3 is 10.4 Å². The molecule has 0 aliphatic heterocycles. The van der Waals surface area contributed by atoms with Crippen LogP contribution in [0, 0.1) is 23.2 Å². The standard InChI is InChI=1S/C12H18N2O3S/c1-8(11(16)17)5-18-6-10(15)14-12(2,7-13)9-3-4-9/h8-9H,3-6H2,1-2H3,(H,14,15)(H,16,17). The third kappa shape index (κ3) is 4.22. The van der Waals surface area contributed by atoms with Gasteiger partial charge in [0.15, 0.2) is 0 Å². The summed E-state index contributed by atoms with van der Waals surface area (Å²) < 4.78 is 0. The molecule has 0 aromatic heterocycles. The number of nitrogens with one attached hydrogen (secondary N) is 1. The fourth-order valence-electron chi connectivity index (χ4n) is 1.61. The molecule has 0 bridgehead atoms. The monoisotopic (exact) mass is 270 g/mol. The first kappa shape index (κ1) is 14.8. The average molecular weight is 270 g/mol. The van der Waals surface area contributed by atoms with Gasteiger partial charge in [0.25, 0.3) is 0 Å². The Bertz CT molecular complexity index is 376. The summed E-state index contributed by atoms with van der Waals surface area (Å²) in [5.74, 6) is -0.670. The number of hydrogen-bond donors (Lipinski definition) is 2. The van der Waals surface area contributed by atoms with E-state index in [1.807, 2.05) is 0 Å². The molecule has 1 aliphatic rings. The maximum absolute atomic E-state index is 11.7. The van der Waals surface area contributed by atoms with E-state index in [0.29, 0.717) is 5.75 Å². The van der Waals surface area contributed by atoms with Crippen molar-refractivity contribution in [1.29, 1.82) is 5.26 Å². The Kier molecular flexibility index (Phi) is 5.03. The number of nitriles is 1. The van der Waals surface area contributed by atoms with Crippen molar-refractivity contribution in [3.63, 3.8) is 0 Å². The molecule has 2 unspecified atom stereocenters. The van der Waals surface area contributed by atoms with Crippen molar-refractivity contribution in [3.8, 4) is 6.07 Å². The molecule has 0 aromatic carbocycles. The SMILES string of the molecule is CC(CSCC(=O)NC(C)(C#N)C1CC1)C(=O)O. The summed E-state index contributed by atoms with van der Waals surface area (Å²) in [6.07, 6.45) is 1.96. The van der Waals surface area contributed by atoms with E-state index in [2.05, 4.69) is 11.4 Å². The molecular formula is C12H18N2O3S. The summed E-state index contributed by atoms with van der Waals surface area (Å²) in [4.78, 5) is 22.3. The lowest BCUT2D eigenvalue weighted by molar-refractivity contribution is -0.140. The van der Waals surface area contributed by atoms with Crippen LogP contribution in [0.3, 0.4) is 0 Å². The lowest BCUT2D eigenvalue weighted by Crippen LogP contribution is -2.47. The minimum Gasteiger partial charge on any atom is -0.481 e. The summed E-state index contributed by atoms with van der Waals surface area (Å²) in [7, 11) is 0. The molecule has 1 amide bonds. The molecule has 1 aliphatic carbocycles. The Labute approximate surface area is 111 Å². The third-order valence-electron chi connectivity index (χ3n) is 3.05. The number of nitrogens with zero attached hydrogens (tertiary/aromatic N) is 1. The highest BCUT2D eigenvalue weighted by Gasteiger charge is 2.42. The maximum Gasteiger partial charge on any atom is 0.307 e. The molecule has 1 rings (SSSR count). The molecule has 2 N–H and O–H groups in total. The zero-order valence-electron chi connectivity index (χ0n) is 10.6. The molecule has 0 heterocycles. The van der Waals surface area contributed by atoms with Gasteiger partial charge >= 0.3 is 5.97 Å². The molecule has 0 spiro atoms. The molecule has 2 atom stereocenters. The van der Waals surface area contributed by atoms with Crippen molar-refractivity contribution in [2.24, 2.45) is 11.8 Å². The van der Waals surface area contributed by atoms with Crippen molar-refractivity contribution in [1.82, 2.24) is 5.32 Å². The Morgan fingerprint density at radius 1 is 1.61 bits per heavy atom. The normalized spacial score (nSPS) is 19.4. The van der Waals surface area contributed by atoms with Gasteiger partial charge in [-0.3, -0.25) is 9.59 Å². The van der Waals surface area contributed by atoms with Crippen LogP contribution in [-0.2, 0) is 9.59 Å². The lowest BCUT2D eigenvalue weighted by atomic mass is 9.98. The van der Waals surface area contributed by atoms with E-state index in [4.69, 9.17) is 10.4 Å². The van der Waals surface area contributed by atoms with Crippen molar-refractivity contribution < 1.29 is 14.7 Å². The number of thioether (sulfide) groups is 1. The van der Waals surface area contributed by atoms with Gasteiger partial charge in [0.1, 0.15) is 5.54 Å². The number of carbonyl (C=O) groups excluding carboxylic acids is 1. The summed E-state index contributed by atoms with van der Waals surface area (Å²) in [6, 6.07) is 2.15. The van der Waals surface area contributed by atoms with Gasteiger partial charge in [-0.1, -0.05) is 6.92 Å². The summed E-state index contributed by atoms with van der Waals surface area (Å²) >= 11 is 1.28. The van der Waals surface area contributed by atoms with Crippen LogP contribution < -0.4 is 5.32 Å². The highest BCUT2D eigenvalue weighted by atomic mass is 32.2. The number of carbonyl (C=O) groups is 2. The van der Waals surface area contributed by atoms with E-state index in [-0.39, 0.29) is 17.6 Å². The molecule has 0 aromatic rings. The van der Waals surface area contributed by atoms with E-state index in [9.17, 15) is 9.59 Å². The van der Waals surface area contributed by atoms with Gasteiger partial charge in [0.05, 0.1) is 17.7 Å². The first-order valence-corrected chi connectivity index (χ1v) is 7.07. The second-order valence-corrected chi connectivity index (χ2v) is 5.92. The number of carboxylic acids is 1. The zero-order valence-corrected chi connectivity index (χ0v) is 11.4. The molecule has 6 heteroatoms. The highest BCUT2D eigenvalue weighted by molar-refractivity contribution is 7.99. The van der Waals surface area contributed by atoms with Gasteiger partial charge in [-0.25, -0.2) is 0 Å². The number of rotatable bonds is 7. The van der Waals surface area contributed by atoms with E-state index in [0.717, 1.165) is 12.8 Å². The van der Waals surface area contributed by atoms with Crippen LogP contribution >= 0.6 is 11.8 Å². The van der Waals surface area contributed by atoms with Crippen LogP contribution in [0.15, 0.2) is 0 Å². The van der Waals surface area contributed by atoms with E-state index < -0.39 is 17.4 Å². The number of aliphatic carboxylic acids is 1. The Balaban J connectivity index is 2.29. The summed E-state index contributed by atoms with van der Waals surface area (Å²) in [5.41, 5.74) is -0.768. The Hall–Kier alpha value is -1.22. The van der Waals surface area contributed by atoms with Crippen LogP contribution in [0.1, 0.15) is 26.7 Å². The maximum atomic E-state index is 11.7. The quantitative estimate of drug-likeness (QED) is 0.726. The lowest BCUT2D eigenvalue weighted by Gasteiger charge is -2.22. The first-order chi connectivity index (χ1) is 8.39. The fourth-order valence-corrected chi connectivity index (χ4v) is 2.48. The van der Waals surface area contributed by atoms with Gasteiger partial charge in [-0.15, -0.1) is 0 Å².